The van der Waals surface area contributed by atoms with Gasteiger partial charge >= 0.3 is 6.18 Å². The molecule has 3 nitrogen and oxygen atoms in total. The molecule has 96 valence electrons. The fourth-order valence-electron chi connectivity index (χ4n) is 1.43. The second-order valence-corrected chi connectivity index (χ2v) is 4.36. The molecule has 0 amide bonds. The van der Waals surface area contributed by atoms with Crippen LogP contribution in [0.5, 0.6) is 0 Å². The standard InChI is InChI=1S/C11H15F3N2O/c1-8(2)4-3-5-16-7-9(6-15-16)10(17)11(12,13)14/h6-8H,3-5H2,1-2H3. The number of aromatic nitrogens is 2. The highest BCUT2D eigenvalue weighted by Crippen LogP contribution is 2.21. The van der Waals surface area contributed by atoms with Crippen LogP contribution in [0.3, 0.4) is 0 Å². The molecule has 0 atom stereocenters. The number of carbonyl (C=O) groups excluding carboxylic acids is 1. The molecule has 1 aromatic heterocycles. The molecule has 1 aromatic rings. The molecular weight excluding hydrogens is 233 g/mol. The monoisotopic (exact) mass is 248 g/mol. The van der Waals surface area contributed by atoms with Crippen LogP contribution in [-0.2, 0) is 6.54 Å². The van der Waals surface area contributed by atoms with E-state index in [2.05, 4.69) is 18.9 Å². The number of hydrogen-bond donors (Lipinski definition) is 0. The lowest BCUT2D eigenvalue weighted by atomic mass is 10.1. The van der Waals surface area contributed by atoms with E-state index >= 15 is 0 Å². The van der Waals surface area contributed by atoms with Gasteiger partial charge in [0.05, 0.1) is 11.8 Å². The molecule has 0 radical (unpaired) electrons. The maximum atomic E-state index is 12.1. The number of ketones is 1. The number of Topliss-reactive ketones (excluding diaryl/α,β-unsaturated/α-hetero) is 1. The summed E-state index contributed by atoms with van der Waals surface area (Å²) >= 11 is 0. The summed E-state index contributed by atoms with van der Waals surface area (Å²) in [6, 6.07) is 0. The zero-order valence-corrected chi connectivity index (χ0v) is 9.79. The Balaban J connectivity index is 2.57. The number of nitrogens with zero attached hydrogens (tertiary/aromatic N) is 2. The van der Waals surface area contributed by atoms with Gasteiger partial charge in [-0.05, 0) is 18.8 Å². The van der Waals surface area contributed by atoms with Gasteiger partial charge < -0.3 is 0 Å². The molecule has 6 heteroatoms. The van der Waals surface area contributed by atoms with Crippen molar-refractivity contribution in [2.75, 3.05) is 0 Å². The number of alkyl halides is 3. The average molecular weight is 248 g/mol. The van der Waals surface area contributed by atoms with Crippen LogP contribution in [0.4, 0.5) is 13.2 Å². The molecule has 0 aliphatic carbocycles. The molecule has 0 aliphatic rings. The molecule has 1 rings (SSSR count). The van der Waals surface area contributed by atoms with Crippen LogP contribution in [0.25, 0.3) is 0 Å². The Hall–Kier alpha value is -1.33. The van der Waals surface area contributed by atoms with Gasteiger partial charge in [-0.3, -0.25) is 9.48 Å². The molecule has 0 unspecified atom stereocenters. The molecular formula is C11H15F3N2O. The molecule has 0 N–H and O–H groups in total. The summed E-state index contributed by atoms with van der Waals surface area (Å²) in [4.78, 5) is 10.9. The van der Waals surface area contributed by atoms with Crippen LogP contribution >= 0.6 is 0 Å². The van der Waals surface area contributed by atoms with Crippen LogP contribution in [0.2, 0.25) is 0 Å². The van der Waals surface area contributed by atoms with E-state index in [1.807, 2.05) is 0 Å². The summed E-state index contributed by atoms with van der Waals surface area (Å²) in [7, 11) is 0. The third-order valence-corrected chi connectivity index (χ3v) is 2.32. The Kier molecular flexibility index (Phi) is 4.31. The number of rotatable bonds is 5. The predicted octanol–water partition coefficient (Wildman–Crippen LogP) is 3.06. The molecule has 1 heterocycles. The van der Waals surface area contributed by atoms with Crippen LogP contribution in [0, 0.1) is 5.92 Å². The van der Waals surface area contributed by atoms with Gasteiger partial charge in [0, 0.05) is 12.7 Å². The molecule has 0 aromatic carbocycles. The average Bonchev–Trinajstić information content (AvgIpc) is 2.63. The van der Waals surface area contributed by atoms with Crippen molar-refractivity contribution < 1.29 is 18.0 Å². The quantitative estimate of drug-likeness (QED) is 0.750. The smallest absolute Gasteiger partial charge is 0.284 e. The number of aryl methyl sites for hydroxylation is 1. The third kappa shape index (κ3) is 4.20. The fourth-order valence-corrected chi connectivity index (χ4v) is 1.43. The van der Waals surface area contributed by atoms with E-state index in [0.29, 0.717) is 12.5 Å². The summed E-state index contributed by atoms with van der Waals surface area (Å²) in [5.74, 6) is -1.30. The van der Waals surface area contributed by atoms with Crippen molar-refractivity contribution in [3.63, 3.8) is 0 Å². The van der Waals surface area contributed by atoms with Crippen LogP contribution < -0.4 is 0 Å². The highest BCUT2D eigenvalue weighted by Gasteiger charge is 2.39. The van der Waals surface area contributed by atoms with Crippen LogP contribution in [-0.4, -0.2) is 21.7 Å². The van der Waals surface area contributed by atoms with Crippen molar-refractivity contribution in [1.82, 2.24) is 9.78 Å². The van der Waals surface area contributed by atoms with Gasteiger partial charge in [-0.1, -0.05) is 13.8 Å². The predicted molar refractivity (Wildman–Crippen MR) is 56.7 cm³/mol. The second-order valence-electron chi connectivity index (χ2n) is 4.36. The number of hydrogen-bond acceptors (Lipinski definition) is 2. The normalized spacial score (nSPS) is 12.1. The molecule has 0 aliphatic heterocycles. The molecule has 0 spiro atoms. The Morgan fingerprint density at radius 2 is 2.12 bits per heavy atom. The summed E-state index contributed by atoms with van der Waals surface area (Å²) in [6.45, 7) is 4.67. The lowest BCUT2D eigenvalue weighted by Gasteiger charge is -2.04. The molecule has 0 fully saturated rings. The van der Waals surface area contributed by atoms with Gasteiger partial charge in [0.1, 0.15) is 0 Å². The van der Waals surface area contributed by atoms with Gasteiger partial charge in [-0.15, -0.1) is 0 Å². The lowest BCUT2D eigenvalue weighted by Crippen LogP contribution is -2.22. The van der Waals surface area contributed by atoms with Crippen molar-refractivity contribution in [3.8, 4) is 0 Å². The Labute approximate surface area is 97.6 Å². The van der Waals surface area contributed by atoms with E-state index in [1.165, 1.54) is 4.68 Å². The zero-order chi connectivity index (χ0) is 13.1. The van der Waals surface area contributed by atoms with Crippen molar-refractivity contribution in [2.24, 2.45) is 5.92 Å². The number of carbonyl (C=O) groups is 1. The topological polar surface area (TPSA) is 34.9 Å². The van der Waals surface area contributed by atoms with Gasteiger partial charge in [0.25, 0.3) is 5.78 Å². The minimum absolute atomic E-state index is 0.401. The van der Waals surface area contributed by atoms with Gasteiger partial charge in [-0.25, -0.2) is 0 Å². The van der Waals surface area contributed by atoms with E-state index in [0.717, 1.165) is 25.2 Å². The third-order valence-electron chi connectivity index (χ3n) is 2.32. The SMILES string of the molecule is CC(C)CCCn1cc(C(=O)C(F)(F)F)cn1. The molecule has 0 saturated heterocycles. The maximum absolute atomic E-state index is 12.1. The molecule has 0 bridgehead atoms. The minimum Gasteiger partial charge on any atom is -0.284 e. The summed E-state index contributed by atoms with van der Waals surface area (Å²) in [5, 5.41) is 3.74. The van der Waals surface area contributed by atoms with Gasteiger partial charge in [0.2, 0.25) is 0 Å². The van der Waals surface area contributed by atoms with E-state index in [4.69, 9.17) is 0 Å². The van der Waals surface area contributed by atoms with Crippen LogP contribution in [0.1, 0.15) is 37.0 Å². The molecule has 17 heavy (non-hydrogen) atoms. The first-order valence-electron chi connectivity index (χ1n) is 5.44. The van der Waals surface area contributed by atoms with Crippen molar-refractivity contribution in [2.45, 2.75) is 39.4 Å². The Bertz CT molecular complexity index is 382. The largest absolute Gasteiger partial charge is 0.454 e. The van der Waals surface area contributed by atoms with Gasteiger partial charge in [0.15, 0.2) is 0 Å². The summed E-state index contributed by atoms with van der Waals surface area (Å²) in [5.41, 5.74) is -0.401. The molecule has 0 saturated carbocycles. The fraction of sp³-hybridized carbons (Fsp3) is 0.636. The maximum Gasteiger partial charge on any atom is 0.454 e. The number of halogens is 3. The van der Waals surface area contributed by atoms with Crippen molar-refractivity contribution in [3.05, 3.63) is 18.0 Å². The Morgan fingerprint density at radius 3 is 2.65 bits per heavy atom. The zero-order valence-electron chi connectivity index (χ0n) is 9.79. The highest BCUT2D eigenvalue weighted by molar-refractivity contribution is 5.99. The minimum atomic E-state index is -4.83. The van der Waals surface area contributed by atoms with E-state index in [1.54, 1.807) is 0 Å². The Morgan fingerprint density at radius 1 is 1.47 bits per heavy atom. The van der Waals surface area contributed by atoms with Crippen molar-refractivity contribution >= 4 is 5.78 Å². The van der Waals surface area contributed by atoms with E-state index in [9.17, 15) is 18.0 Å². The lowest BCUT2D eigenvalue weighted by molar-refractivity contribution is -0.0885. The van der Waals surface area contributed by atoms with Crippen molar-refractivity contribution in [1.29, 1.82) is 0 Å². The van der Waals surface area contributed by atoms with E-state index in [-0.39, 0.29) is 0 Å². The highest BCUT2D eigenvalue weighted by atomic mass is 19.4. The summed E-state index contributed by atoms with van der Waals surface area (Å²) in [6.07, 6.45) is -0.908. The second kappa shape index (κ2) is 5.33. The summed E-state index contributed by atoms with van der Waals surface area (Å²) < 4.78 is 37.7. The first-order chi connectivity index (χ1) is 7.80. The van der Waals surface area contributed by atoms with Gasteiger partial charge in [-0.2, -0.15) is 18.3 Å². The van der Waals surface area contributed by atoms with E-state index < -0.39 is 17.5 Å². The first kappa shape index (κ1) is 13.7. The first-order valence-corrected chi connectivity index (χ1v) is 5.44. The van der Waals surface area contributed by atoms with Crippen LogP contribution in [0.15, 0.2) is 12.4 Å².